The summed E-state index contributed by atoms with van der Waals surface area (Å²) < 4.78 is 5.73. The third-order valence-corrected chi connectivity index (χ3v) is 3.11. The van der Waals surface area contributed by atoms with E-state index in [-0.39, 0.29) is 0 Å². The summed E-state index contributed by atoms with van der Waals surface area (Å²) in [5.41, 5.74) is 6.10. The Balaban J connectivity index is 2.15. The lowest BCUT2D eigenvalue weighted by Crippen LogP contribution is -2.41. The van der Waals surface area contributed by atoms with Crippen LogP contribution in [0.1, 0.15) is 39.5 Å². The van der Waals surface area contributed by atoms with Crippen molar-refractivity contribution in [3.05, 3.63) is 0 Å². The van der Waals surface area contributed by atoms with Crippen LogP contribution in [0.3, 0.4) is 0 Å². The van der Waals surface area contributed by atoms with Gasteiger partial charge in [-0.25, -0.2) is 0 Å². The van der Waals surface area contributed by atoms with E-state index in [0.717, 1.165) is 26.1 Å². The van der Waals surface area contributed by atoms with Gasteiger partial charge in [-0.15, -0.1) is 0 Å². The van der Waals surface area contributed by atoms with Crippen LogP contribution in [0.25, 0.3) is 0 Å². The van der Waals surface area contributed by atoms with Crippen molar-refractivity contribution in [1.82, 2.24) is 4.90 Å². The smallest absolute Gasteiger partial charge is 0.0701 e. The van der Waals surface area contributed by atoms with Crippen LogP contribution in [0.2, 0.25) is 0 Å². The van der Waals surface area contributed by atoms with Gasteiger partial charge < -0.3 is 15.4 Å². The lowest BCUT2D eigenvalue weighted by Gasteiger charge is -2.29. The van der Waals surface area contributed by atoms with Crippen molar-refractivity contribution in [2.45, 2.75) is 51.7 Å². The number of likely N-dealkylation sites (N-methyl/N-ethyl adjacent to an activating group) is 1. The summed E-state index contributed by atoms with van der Waals surface area (Å²) in [5, 5.41) is 0. The number of hydrogen-bond donors (Lipinski definition) is 1. The Bertz CT molecular complexity index is 179. The number of nitrogens with zero attached hydrogens (tertiary/aromatic N) is 1. The molecule has 2 atom stereocenters. The molecule has 0 bridgehead atoms. The van der Waals surface area contributed by atoms with Crippen molar-refractivity contribution in [2.75, 3.05) is 26.7 Å². The fourth-order valence-corrected chi connectivity index (χ4v) is 2.45. The zero-order valence-electron chi connectivity index (χ0n) is 11.1. The Morgan fingerprint density at radius 1 is 1.38 bits per heavy atom. The second kappa shape index (κ2) is 7.25. The fraction of sp³-hybridized carbons (Fsp3) is 1.00. The molecule has 1 heterocycles. The van der Waals surface area contributed by atoms with E-state index >= 15 is 0 Å². The molecule has 0 aliphatic carbocycles. The fourth-order valence-electron chi connectivity index (χ4n) is 2.45. The van der Waals surface area contributed by atoms with Gasteiger partial charge in [0, 0.05) is 25.7 Å². The molecule has 1 rings (SSSR count). The summed E-state index contributed by atoms with van der Waals surface area (Å²) in [6, 6.07) is 0.300. The van der Waals surface area contributed by atoms with E-state index in [1.807, 2.05) is 0 Å². The molecule has 1 aliphatic heterocycles. The highest BCUT2D eigenvalue weighted by Crippen LogP contribution is 2.13. The maximum atomic E-state index is 6.10. The lowest BCUT2D eigenvalue weighted by atomic mass is 10.0. The van der Waals surface area contributed by atoms with Crippen LogP contribution < -0.4 is 5.73 Å². The van der Waals surface area contributed by atoms with Crippen LogP contribution in [0, 0.1) is 5.92 Å². The molecule has 16 heavy (non-hydrogen) atoms. The van der Waals surface area contributed by atoms with Crippen molar-refractivity contribution in [3.63, 3.8) is 0 Å². The van der Waals surface area contributed by atoms with Crippen molar-refractivity contribution < 1.29 is 4.74 Å². The van der Waals surface area contributed by atoms with Crippen LogP contribution >= 0.6 is 0 Å². The number of hydrogen-bond acceptors (Lipinski definition) is 3. The highest BCUT2D eigenvalue weighted by Gasteiger charge is 2.17. The van der Waals surface area contributed by atoms with Gasteiger partial charge in [-0.05, 0) is 38.6 Å². The van der Waals surface area contributed by atoms with Crippen LogP contribution in [0.15, 0.2) is 0 Å². The first-order chi connectivity index (χ1) is 7.58. The van der Waals surface area contributed by atoms with Gasteiger partial charge in [0.15, 0.2) is 0 Å². The highest BCUT2D eigenvalue weighted by atomic mass is 16.5. The second-order valence-corrected chi connectivity index (χ2v) is 5.60. The number of nitrogens with two attached hydrogens (primary N) is 1. The summed E-state index contributed by atoms with van der Waals surface area (Å²) in [6.45, 7) is 7.41. The summed E-state index contributed by atoms with van der Waals surface area (Å²) >= 11 is 0. The van der Waals surface area contributed by atoms with Gasteiger partial charge >= 0.3 is 0 Å². The molecule has 0 amide bonds. The molecule has 1 saturated heterocycles. The molecule has 2 unspecified atom stereocenters. The van der Waals surface area contributed by atoms with Crippen LogP contribution in [-0.2, 0) is 4.74 Å². The lowest BCUT2D eigenvalue weighted by molar-refractivity contribution is -0.00231. The normalized spacial score (nSPS) is 24.0. The number of rotatable bonds is 6. The topological polar surface area (TPSA) is 38.5 Å². The minimum absolute atomic E-state index is 0.300. The van der Waals surface area contributed by atoms with Gasteiger partial charge in [0.1, 0.15) is 0 Å². The van der Waals surface area contributed by atoms with E-state index in [4.69, 9.17) is 10.5 Å². The maximum absolute atomic E-state index is 6.10. The molecule has 1 fully saturated rings. The Morgan fingerprint density at radius 2 is 2.12 bits per heavy atom. The summed E-state index contributed by atoms with van der Waals surface area (Å²) in [4.78, 5) is 2.32. The van der Waals surface area contributed by atoms with Crippen LogP contribution in [-0.4, -0.2) is 43.8 Å². The second-order valence-electron chi connectivity index (χ2n) is 5.60. The van der Waals surface area contributed by atoms with E-state index in [2.05, 4.69) is 25.8 Å². The summed E-state index contributed by atoms with van der Waals surface area (Å²) in [7, 11) is 2.15. The molecule has 0 spiro atoms. The molecule has 1 aliphatic rings. The summed E-state index contributed by atoms with van der Waals surface area (Å²) in [6.07, 6.45) is 5.30. The van der Waals surface area contributed by atoms with Crippen molar-refractivity contribution in [3.8, 4) is 0 Å². The molecule has 2 N–H and O–H groups in total. The van der Waals surface area contributed by atoms with Crippen LogP contribution in [0.5, 0.6) is 0 Å². The molecule has 96 valence electrons. The Labute approximate surface area is 100 Å². The van der Waals surface area contributed by atoms with E-state index in [1.165, 1.54) is 19.3 Å². The van der Waals surface area contributed by atoms with E-state index in [9.17, 15) is 0 Å². The van der Waals surface area contributed by atoms with Crippen molar-refractivity contribution >= 4 is 0 Å². The molecular formula is C13H28N2O. The Morgan fingerprint density at radius 3 is 2.69 bits per heavy atom. The Hall–Kier alpha value is -0.120. The van der Waals surface area contributed by atoms with E-state index < -0.39 is 0 Å². The van der Waals surface area contributed by atoms with Gasteiger partial charge in [-0.2, -0.15) is 0 Å². The minimum Gasteiger partial charge on any atom is -0.377 e. The van der Waals surface area contributed by atoms with E-state index in [0.29, 0.717) is 18.1 Å². The average Bonchev–Trinajstić information content (AvgIpc) is 2.17. The number of ether oxygens (including phenoxy) is 1. The van der Waals surface area contributed by atoms with Gasteiger partial charge in [-0.1, -0.05) is 13.8 Å². The largest absolute Gasteiger partial charge is 0.377 e. The first-order valence-corrected chi connectivity index (χ1v) is 6.63. The predicted molar refractivity (Wildman–Crippen MR) is 68.5 cm³/mol. The van der Waals surface area contributed by atoms with Crippen molar-refractivity contribution in [1.29, 1.82) is 0 Å². The average molecular weight is 228 g/mol. The standard InChI is InChI=1S/C13H28N2O/c1-11(2)8-12(14)9-15(3)10-13-6-4-5-7-16-13/h11-13H,4-10,14H2,1-3H3. The maximum Gasteiger partial charge on any atom is 0.0701 e. The molecular weight excluding hydrogens is 200 g/mol. The predicted octanol–water partition coefficient (Wildman–Crippen LogP) is 1.86. The zero-order chi connectivity index (χ0) is 12.0. The first-order valence-electron chi connectivity index (χ1n) is 6.63. The van der Waals surface area contributed by atoms with Crippen molar-refractivity contribution in [2.24, 2.45) is 11.7 Å². The molecule has 0 aromatic carbocycles. The van der Waals surface area contributed by atoms with Gasteiger partial charge in [0.2, 0.25) is 0 Å². The molecule has 0 aromatic rings. The Kier molecular flexibility index (Phi) is 6.32. The molecule has 0 saturated carbocycles. The van der Waals surface area contributed by atoms with Gasteiger partial charge in [-0.3, -0.25) is 0 Å². The molecule has 3 heteroatoms. The third kappa shape index (κ3) is 5.83. The van der Waals surface area contributed by atoms with E-state index in [1.54, 1.807) is 0 Å². The SMILES string of the molecule is CC(C)CC(N)CN(C)CC1CCCCO1. The van der Waals surface area contributed by atoms with Crippen LogP contribution in [0.4, 0.5) is 0 Å². The minimum atomic E-state index is 0.300. The quantitative estimate of drug-likeness (QED) is 0.754. The summed E-state index contributed by atoms with van der Waals surface area (Å²) in [5.74, 6) is 0.689. The first kappa shape index (κ1) is 13.9. The molecule has 0 aromatic heterocycles. The zero-order valence-corrected chi connectivity index (χ0v) is 11.1. The monoisotopic (exact) mass is 228 g/mol. The highest BCUT2D eigenvalue weighted by molar-refractivity contribution is 4.72. The molecule has 0 radical (unpaired) electrons. The van der Waals surface area contributed by atoms with Gasteiger partial charge in [0.05, 0.1) is 6.10 Å². The van der Waals surface area contributed by atoms with Gasteiger partial charge in [0.25, 0.3) is 0 Å². The third-order valence-electron chi connectivity index (χ3n) is 3.11. The molecule has 3 nitrogen and oxygen atoms in total.